The number of carbonyl (C=O) groups excluding carboxylic acids is 1. The lowest BCUT2D eigenvalue weighted by molar-refractivity contribution is -0.143. The highest BCUT2D eigenvalue weighted by atomic mass is 16.5. The van der Waals surface area contributed by atoms with E-state index in [9.17, 15) is 4.79 Å². The molecular formula is C23H40O2. The van der Waals surface area contributed by atoms with Gasteiger partial charge in [0.05, 0.1) is 6.61 Å². The summed E-state index contributed by atoms with van der Waals surface area (Å²) in [5.74, 6) is -0.0269. The van der Waals surface area contributed by atoms with Gasteiger partial charge in [0.1, 0.15) is 0 Å². The lowest BCUT2D eigenvalue weighted by atomic mass is 10.1. The molecule has 0 unspecified atom stereocenters. The Morgan fingerprint density at radius 3 is 1.92 bits per heavy atom. The van der Waals surface area contributed by atoms with Gasteiger partial charge in [-0.25, -0.2) is 0 Å². The number of hydrogen-bond donors (Lipinski definition) is 0. The molecule has 0 rings (SSSR count). The van der Waals surface area contributed by atoms with E-state index in [1.165, 1.54) is 38.5 Å². The first-order chi connectivity index (χ1) is 12.3. The summed E-state index contributed by atoms with van der Waals surface area (Å²) in [6.45, 7) is 4.75. The average Bonchev–Trinajstić information content (AvgIpc) is 2.62. The van der Waals surface area contributed by atoms with Crippen LogP contribution in [0.3, 0.4) is 0 Å². The van der Waals surface area contributed by atoms with Crippen LogP contribution in [0.1, 0.15) is 97.3 Å². The Kier molecular flexibility index (Phi) is 19.6. The molecule has 0 heterocycles. The van der Waals surface area contributed by atoms with Gasteiger partial charge in [0.25, 0.3) is 0 Å². The lowest BCUT2D eigenvalue weighted by Crippen LogP contribution is -2.04. The first-order valence-electron chi connectivity index (χ1n) is 10.4. The Balaban J connectivity index is 3.24. The quantitative estimate of drug-likeness (QED) is 0.156. The van der Waals surface area contributed by atoms with Gasteiger partial charge in [0.15, 0.2) is 0 Å². The minimum atomic E-state index is -0.0269. The maximum Gasteiger partial charge on any atom is 0.305 e. The molecular weight excluding hydrogens is 308 g/mol. The highest BCUT2D eigenvalue weighted by molar-refractivity contribution is 5.69. The van der Waals surface area contributed by atoms with Crippen molar-refractivity contribution in [2.75, 3.05) is 6.61 Å². The number of unbranched alkanes of at least 4 members (excludes halogenated alkanes) is 7. The first-order valence-corrected chi connectivity index (χ1v) is 10.4. The van der Waals surface area contributed by atoms with Crippen LogP contribution >= 0.6 is 0 Å². The molecule has 0 aliphatic rings. The summed E-state index contributed by atoms with van der Waals surface area (Å²) in [4.78, 5) is 11.3. The predicted octanol–water partition coefficient (Wildman–Crippen LogP) is 7.31. The molecule has 0 aromatic rings. The maximum absolute atomic E-state index is 11.3. The summed E-state index contributed by atoms with van der Waals surface area (Å²) in [5, 5.41) is 0. The van der Waals surface area contributed by atoms with Gasteiger partial charge < -0.3 is 4.74 Å². The standard InChI is InChI=1S/C23H40O2/c1-3-5-6-7-8-9-10-11-12-13-14-15-16-17-18-19-20-21-23(24)25-22-4-2/h5-6,8-9,11-12H,3-4,7,10,13-22H2,1-2H3/b6-5?,9-8?,12-11-. The molecule has 0 spiro atoms. The minimum absolute atomic E-state index is 0.0269. The molecule has 2 nitrogen and oxygen atoms in total. The Hall–Kier alpha value is -1.31. The number of carbonyl (C=O) groups is 1. The van der Waals surface area contributed by atoms with Crippen molar-refractivity contribution in [3.8, 4) is 0 Å². The molecule has 0 atom stereocenters. The smallest absolute Gasteiger partial charge is 0.305 e. The summed E-state index contributed by atoms with van der Waals surface area (Å²) in [6.07, 6.45) is 28.0. The number of hydrogen-bond acceptors (Lipinski definition) is 2. The number of rotatable bonds is 17. The van der Waals surface area contributed by atoms with Gasteiger partial charge >= 0.3 is 5.97 Å². The molecule has 0 saturated carbocycles. The van der Waals surface area contributed by atoms with Gasteiger partial charge in [-0.3, -0.25) is 4.79 Å². The molecule has 0 aromatic heterocycles. The van der Waals surface area contributed by atoms with Crippen molar-refractivity contribution in [2.24, 2.45) is 0 Å². The van der Waals surface area contributed by atoms with Gasteiger partial charge in [-0.2, -0.15) is 0 Å². The van der Waals surface area contributed by atoms with E-state index in [2.05, 4.69) is 43.4 Å². The van der Waals surface area contributed by atoms with Gasteiger partial charge in [-0.1, -0.05) is 82.4 Å². The Morgan fingerprint density at radius 2 is 1.28 bits per heavy atom. The van der Waals surface area contributed by atoms with Crippen molar-refractivity contribution in [3.63, 3.8) is 0 Å². The van der Waals surface area contributed by atoms with Crippen LogP contribution in [0, 0.1) is 0 Å². The van der Waals surface area contributed by atoms with Crippen molar-refractivity contribution in [3.05, 3.63) is 36.5 Å². The van der Waals surface area contributed by atoms with Crippen LogP contribution in [0.5, 0.6) is 0 Å². The predicted molar refractivity (Wildman–Crippen MR) is 110 cm³/mol. The maximum atomic E-state index is 11.3. The van der Waals surface area contributed by atoms with E-state index in [4.69, 9.17) is 4.74 Å². The highest BCUT2D eigenvalue weighted by Gasteiger charge is 2.01. The van der Waals surface area contributed by atoms with Crippen molar-refractivity contribution < 1.29 is 9.53 Å². The van der Waals surface area contributed by atoms with E-state index in [0.29, 0.717) is 13.0 Å². The second kappa shape index (κ2) is 20.7. The third-order valence-corrected chi connectivity index (χ3v) is 4.00. The van der Waals surface area contributed by atoms with E-state index in [-0.39, 0.29) is 5.97 Å². The van der Waals surface area contributed by atoms with Crippen LogP contribution in [0.2, 0.25) is 0 Å². The second-order valence-corrected chi connectivity index (χ2v) is 6.53. The van der Waals surface area contributed by atoms with Gasteiger partial charge in [0.2, 0.25) is 0 Å². The molecule has 0 aliphatic heterocycles. The van der Waals surface area contributed by atoms with Crippen molar-refractivity contribution in [2.45, 2.75) is 97.3 Å². The van der Waals surface area contributed by atoms with Crippen molar-refractivity contribution >= 4 is 5.97 Å². The topological polar surface area (TPSA) is 26.3 Å². The molecule has 0 amide bonds. The largest absolute Gasteiger partial charge is 0.466 e. The third-order valence-electron chi connectivity index (χ3n) is 4.00. The van der Waals surface area contributed by atoms with Gasteiger partial charge in [-0.05, 0) is 44.9 Å². The molecule has 0 fully saturated rings. The summed E-state index contributed by atoms with van der Waals surface area (Å²) in [7, 11) is 0. The van der Waals surface area contributed by atoms with E-state index in [1.807, 2.05) is 6.92 Å². The summed E-state index contributed by atoms with van der Waals surface area (Å²) < 4.78 is 5.07. The van der Waals surface area contributed by atoms with Gasteiger partial charge in [0, 0.05) is 6.42 Å². The van der Waals surface area contributed by atoms with Crippen molar-refractivity contribution in [1.82, 2.24) is 0 Å². The van der Waals surface area contributed by atoms with Crippen LogP contribution in [0.4, 0.5) is 0 Å². The first kappa shape index (κ1) is 23.7. The fourth-order valence-corrected chi connectivity index (χ4v) is 2.53. The second-order valence-electron chi connectivity index (χ2n) is 6.53. The summed E-state index contributed by atoms with van der Waals surface area (Å²) >= 11 is 0. The molecule has 0 bridgehead atoms. The van der Waals surface area contributed by atoms with Crippen LogP contribution in [0.15, 0.2) is 36.5 Å². The Morgan fingerprint density at radius 1 is 0.720 bits per heavy atom. The SMILES string of the molecule is CCC=CCC=CC/C=C\CCCCCCCCCC(=O)OCCC. The molecule has 0 aliphatic carbocycles. The molecule has 0 N–H and O–H groups in total. The summed E-state index contributed by atoms with van der Waals surface area (Å²) in [6, 6.07) is 0. The fourth-order valence-electron chi connectivity index (χ4n) is 2.53. The Labute approximate surface area is 156 Å². The fraction of sp³-hybridized carbons (Fsp3) is 0.696. The molecule has 25 heavy (non-hydrogen) atoms. The van der Waals surface area contributed by atoms with Crippen molar-refractivity contribution in [1.29, 1.82) is 0 Å². The van der Waals surface area contributed by atoms with E-state index in [1.54, 1.807) is 0 Å². The van der Waals surface area contributed by atoms with Crippen LogP contribution in [-0.4, -0.2) is 12.6 Å². The minimum Gasteiger partial charge on any atom is -0.466 e. The number of esters is 1. The van der Waals surface area contributed by atoms with Crippen LogP contribution in [-0.2, 0) is 9.53 Å². The van der Waals surface area contributed by atoms with Crippen LogP contribution < -0.4 is 0 Å². The molecule has 144 valence electrons. The zero-order valence-corrected chi connectivity index (χ0v) is 16.7. The highest BCUT2D eigenvalue weighted by Crippen LogP contribution is 2.10. The van der Waals surface area contributed by atoms with E-state index >= 15 is 0 Å². The molecule has 2 heteroatoms. The molecule has 0 radical (unpaired) electrons. The molecule has 0 saturated heterocycles. The monoisotopic (exact) mass is 348 g/mol. The average molecular weight is 349 g/mol. The number of allylic oxidation sites excluding steroid dienone is 6. The zero-order valence-electron chi connectivity index (χ0n) is 16.7. The summed E-state index contributed by atoms with van der Waals surface area (Å²) in [5.41, 5.74) is 0. The normalized spacial score (nSPS) is 11.9. The Bertz CT molecular complexity index is 366. The molecule has 0 aromatic carbocycles. The van der Waals surface area contributed by atoms with E-state index in [0.717, 1.165) is 38.5 Å². The van der Waals surface area contributed by atoms with Gasteiger partial charge in [-0.15, -0.1) is 0 Å². The lowest BCUT2D eigenvalue weighted by Gasteiger charge is -2.03. The number of ether oxygens (including phenoxy) is 1. The zero-order chi connectivity index (χ0) is 18.4. The third kappa shape index (κ3) is 20.6. The van der Waals surface area contributed by atoms with E-state index < -0.39 is 0 Å². The van der Waals surface area contributed by atoms with Crippen LogP contribution in [0.25, 0.3) is 0 Å².